The average Bonchev–Trinajstić information content (AvgIpc) is 2.33. The van der Waals surface area contributed by atoms with Crippen LogP contribution in [0.2, 0.25) is 0 Å². The lowest BCUT2D eigenvalue weighted by molar-refractivity contribution is 0.425. The summed E-state index contributed by atoms with van der Waals surface area (Å²) < 4.78 is 18.9. The van der Waals surface area contributed by atoms with Crippen LogP contribution in [0.3, 0.4) is 0 Å². The molecular formula is C13H10FN3O. The van der Waals surface area contributed by atoms with Crippen molar-refractivity contribution >= 4 is 5.69 Å². The van der Waals surface area contributed by atoms with Crippen molar-refractivity contribution in [3.05, 3.63) is 47.4 Å². The Morgan fingerprint density at radius 3 is 2.78 bits per heavy atom. The van der Waals surface area contributed by atoms with E-state index in [-0.39, 0.29) is 17.2 Å². The van der Waals surface area contributed by atoms with E-state index in [0.717, 1.165) is 6.07 Å². The van der Waals surface area contributed by atoms with Crippen molar-refractivity contribution in [3.63, 3.8) is 0 Å². The summed E-state index contributed by atoms with van der Waals surface area (Å²) in [5.74, 6) is -0.526. The SMILES string of the molecule is Cc1ccc(C#N)c(Oc2ccc(N)cc2F)n1. The normalized spacial score (nSPS) is 9.83. The summed E-state index contributed by atoms with van der Waals surface area (Å²) in [6.45, 7) is 1.76. The van der Waals surface area contributed by atoms with Crippen LogP contribution in [-0.4, -0.2) is 4.98 Å². The van der Waals surface area contributed by atoms with Crippen LogP contribution >= 0.6 is 0 Å². The van der Waals surface area contributed by atoms with E-state index in [0.29, 0.717) is 11.4 Å². The second kappa shape index (κ2) is 4.72. The smallest absolute Gasteiger partial charge is 0.237 e. The Labute approximate surface area is 103 Å². The summed E-state index contributed by atoms with van der Waals surface area (Å²) in [6, 6.07) is 9.26. The summed E-state index contributed by atoms with van der Waals surface area (Å²) in [7, 11) is 0. The van der Waals surface area contributed by atoms with Gasteiger partial charge in [0.25, 0.3) is 0 Å². The summed E-state index contributed by atoms with van der Waals surface area (Å²) in [5.41, 5.74) is 6.67. The van der Waals surface area contributed by atoms with Crippen LogP contribution in [0.4, 0.5) is 10.1 Å². The second-order valence-corrected chi connectivity index (χ2v) is 3.71. The highest BCUT2D eigenvalue weighted by molar-refractivity contribution is 5.46. The monoisotopic (exact) mass is 243 g/mol. The molecule has 0 atom stereocenters. The number of nitrogen functional groups attached to an aromatic ring is 1. The van der Waals surface area contributed by atoms with E-state index in [1.807, 2.05) is 6.07 Å². The van der Waals surface area contributed by atoms with Crippen molar-refractivity contribution in [2.45, 2.75) is 6.92 Å². The van der Waals surface area contributed by atoms with Gasteiger partial charge >= 0.3 is 0 Å². The fourth-order valence-corrected chi connectivity index (χ4v) is 1.40. The third-order valence-corrected chi connectivity index (χ3v) is 2.28. The van der Waals surface area contributed by atoms with Crippen LogP contribution in [-0.2, 0) is 0 Å². The highest BCUT2D eigenvalue weighted by Gasteiger charge is 2.10. The lowest BCUT2D eigenvalue weighted by Gasteiger charge is -2.08. The van der Waals surface area contributed by atoms with Crippen molar-refractivity contribution < 1.29 is 9.13 Å². The summed E-state index contributed by atoms with van der Waals surface area (Å²) in [4.78, 5) is 4.06. The molecule has 0 radical (unpaired) electrons. The zero-order valence-electron chi connectivity index (χ0n) is 9.64. The van der Waals surface area contributed by atoms with Gasteiger partial charge in [-0.15, -0.1) is 0 Å². The highest BCUT2D eigenvalue weighted by atomic mass is 19.1. The van der Waals surface area contributed by atoms with Crippen molar-refractivity contribution in [1.82, 2.24) is 4.98 Å². The first-order valence-electron chi connectivity index (χ1n) is 5.21. The fourth-order valence-electron chi connectivity index (χ4n) is 1.40. The number of nitrogens with zero attached hydrogens (tertiary/aromatic N) is 2. The van der Waals surface area contributed by atoms with Crippen molar-refractivity contribution in [1.29, 1.82) is 5.26 Å². The van der Waals surface area contributed by atoms with Gasteiger partial charge in [-0.25, -0.2) is 9.37 Å². The van der Waals surface area contributed by atoms with E-state index in [2.05, 4.69) is 4.98 Å². The quantitative estimate of drug-likeness (QED) is 0.823. The Balaban J connectivity index is 2.40. The van der Waals surface area contributed by atoms with Gasteiger partial charge in [0.15, 0.2) is 11.6 Å². The first-order valence-corrected chi connectivity index (χ1v) is 5.21. The molecule has 0 fully saturated rings. The summed E-state index contributed by atoms with van der Waals surface area (Å²) >= 11 is 0. The number of aryl methyl sites for hydroxylation is 1. The predicted octanol–water partition coefficient (Wildman–Crippen LogP) is 2.78. The number of hydrogen-bond donors (Lipinski definition) is 1. The van der Waals surface area contributed by atoms with Gasteiger partial charge in [-0.05, 0) is 31.2 Å². The Morgan fingerprint density at radius 1 is 1.33 bits per heavy atom. The zero-order chi connectivity index (χ0) is 13.1. The second-order valence-electron chi connectivity index (χ2n) is 3.71. The Bertz CT molecular complexity index is 635. The molecule has 0 aliphatic carbocycles. The molecule has 1 heterocycles. The van der Waals surface area contributed by atoms with Crippen LogP contribution in [0.25, 0.3) is 0 Å². The molecule has 0 aliphatic heterocycles. The lowest BCUT2D eigenvalue weighted by Crippen LogP contribution is -1.96. The third kappa shape index (κ3) is 2.38. The van der Waals surface area contributed by atoms with Crippen LogP contribution < -0.4 is 10.5 Å². The van der Waals surface area contributed by atoms with Gasteiger partial charge in [0.1, 0.15) is 11.6 Å². The molecule has 0 spiro atoms. The molecule has 4 nitrogen and oxygen atoms in total. The molecule has 0 amide bonds. The standard InChI is InChI=1S/C13H10FN3O/c1-8-2-3-9(7-15)13(17-8)18-12-5-4-10(16)6-11(12)14/h2-6H,16H2,1H3. The number of anilines is 1. The van der Waals surface area contributed by atoms with E-state index in [1.165, 1.54) is 12.1 Å². The van der Waals surface area contributed by atoms with Crippen LogP contribution in [0, 0.1) is 24.1 Å². The minimum absolute atomic E-state index is 0.0150. The van der Waals surface area contributed by atoms with E-state index < -0.39 is 5.82 Å². The molecule has 0 saturated carbocycles. The van der Waals surface area contributed by atoms with Gasteiger partial charge < -0.3 is 10.5 Å². The van der Waals surface area contributed by atoms with E-state index in [1.54, 1.807) is 19.1 Å². The number of nitrogens with two attached hydrogens (primary N) is 1. The summed E-state index contributed by atoms with van der Waals surface area (Å²) in [6.07, 6.45) is 0. The van der Waals surface area contributed by atoms with Crippen LogP contribution in [0.5, 0.6) is 11.6 Å². The van der Waals surface area contributed by atoms with Gasteiger partial charge in [-0.2, -0.15) is 5.26 Å². The number of rotatable bonds is 2. The third-order valence-electron chi connectivity index (χ3n) is 2.28. The largest absolute Gasteiger partial charge is 0.435 e. The molecular weight excluding hydrogens is 233 g/mol. The molecule has 2 aromatic rings. The molecule has 1 aromatic heterocycles. The Kier molecular flexibility index (Phi) is 3.11. The van der Waals surface area contributed by atoms with Gasteiger partial charge in [-0.3, -0.25) is 0 Å². The van der Waals surface area contributed by atoms with Gasteiger partial charge in [0, 0.05) is 17.4 Å². The number of aromatic nitrogens is 1. The maximum Gasteiger partial charge on any atom is 0.237 e. The molecule has 90 valence electrons. The van der Waals surface area contributed by atoms with Gasteiger partial charge in [-0.1, -0.05) is 0 Å². The van der Waals surface area contributed by atoms with E-state index in [4.69, 9.17) is 15.7 Å². The molecule has 1 aromatic carbocycles. The molecule has 5 heteroatoms. The van der Waals surface area contributed by atoms with Crippen LogP contribution in [0.1, 0.15) is 11.3 Å². The molecule has 18 heavy (non-hydrogen) atoms. The van der Waals surface area contributed by atoms with Crippen molar-refractivity contribution in [2.24, 2.45) is 0 Å². The number of halogens is 1. The number of pyridine rings is 1. The average molecular weight is 243 g/mol. The number of hydrogen-bond acceptors (Lipinski definition) is 4. The van der Waals surface area contributed by atoms with E-state index >= 15 is 0 Å². The summed E-state index contributed by atoms with van der Waals surface area (Å²) in [5, 5.41) is 8.92. The minimum atomic E-state index is -0.595. The van der Waals surface area contributed by atoms with Gasteiger partial charge in [0.2, 0.25) is 5.88 Å². The predicted molar refractivity (Wildman–Crippen MR) is 64.6 cm³/mol. The van der Waals surface area contributed by atoms with Crippen molar-refractivity contribution in [3.8, 4) is 17.7 Å². The van der Waals surface area contributed by atoms with Crippen molar-refractivity contribution in [2.75, 3.05) is 5.73 Å². The molecule has 0 aliphatic rings. The molecule has 2 rings (SSSR count). The molecule has 0 unspecified atom stereocenters. The maximum atomic E-state index is 13.6. The zero-order valence-corrected chi connectivity index (χ0v) is 9.64. The van der Waals surface area contributed by atoms with Crippen LogP contribution in [0.15, 0.2) is 30.3 Å². The molecule has 0 bridgehead atoms. The highest BCUT2D eigenvalue weighted by Crippen LogP contribution is 2.26. The Morgan fingerprint density at radius 2 is 2.11 bits per heavy atom. The Hall–Kier alpha value is -2.61. The lowest BCUT2D eigenvalue weighted by atomic mass is 10.2. The first-order chi connectivity index (χ1) is 8.60. The van der Waals surface area contributed by atoms with E-state index in [9.17, 15) is 4.39 Å². The molecule has 0 saturated heterocycles. The first kappa shape index (κ1) is 11.9. The fraction of sp³-hybridized carbons (Fsp3) is 0.0769. The maximum absolute atomic E-state index is 13.6. The van der Waals surface area contributed by atoms with Gasteiger partial charge in [0.05, 0.1) is 0 Å². The number of benzene rings is 1. The number of ether oxygens (including phenoxy) is 1. The number of nitriles is 1. The molecule has 2 N–H and O–H groups in total. The topological polar surface area (TPSA) is 71.9 Å². The minimum Gasteiger partial charge on any atom is -0.435 e.